The van der Waals surface area contributed by atoms with Gasteiger partial charge in [-0.25, -0.2) is 4.98 Å². The van der Waals surface area contributed by atoms with Crippen LogP contribution in [-0.2, 0) is 18.0 Å². The van der Waals surface area contributed by atoms with Crippen LogP contribution in [0.15, 0.2) is 12.1 Å². The van der Waals surface area contributed by atoms with Gasteiger partial charge in [0.1, 0.15) is 12.1 Å². The SMILES string of the molecule is Cn1c(C(=O)N2CCN([C@@H]3C[C@@H]4C[C@H]4[C@@H]3O)C(=O)C2)nc2c(C(F)(F)F)cc(C3CC3)cc21. The number of benzene rings is 1. The molecule has 3 aliphatic carbocycles. The normalized spacial score (nSPS) is 29.7. The fourth-order valence-corrected chi connectivity index (χ4v) is 5.73. The Morgan fingerprint density at radius 2 is 1.94 bits per heavy atom. The number of alkyl halides is 3. The second-order valence-electron chi connectivity index (χ2n) is 9.97. The van der Waals surface area contributed by atoms with E-state index >= 15 is 0 Å². The highest BCUT2D eigenvalue weighted by Gasteiger charge is 2.55. The van der Waals surface area contributed by atoms with Gasteiger partial charge in [-0.2, -0.15) is 13.2 Å². The van der Waals surface area contributed by atoms with Crippen molar-refractivity contribution in [3.63, 3.8) is 0 Å². The summed E-state index contributed by atoms with van der Waals surface area (Å²) in [6.07, 6.45) is -1.57. The zero-order valence-electron chi connectivity index (χ0n) is 18.2. The Morgan fingerprint density at radius 3 is 2.55 bits per heavy atom. The van der Waals surface area contributed by atoms with Crippen LogP contribution in [0.2, 0.25) is 0 Å². The lowest BCUT2D eigenvalue weighted by Gasteiger charge is -2.39. The Kier molecular flexibility index (Phi) is 4.41. The molecule has 0 bridgehead atoms. The van der Waals surface area contributed by atoms with Crippen LogP contribution in [0.5, 0.6) is 0 Å². The number of piperazine rings is 1. The van der Waals surface area contributed by atoms with Gasteiger partial charge >= 0.3 is 6.18 Å². The number of aliphatic hydroxyl groups is 1. The summed E-state index contributed by atoms with van der Waals surface area (Å²) in [7, 11) is 1.54. The van der Waals surface area contributed by atoms with Crippen LogP contribution in [0.25, 0.3) is 11.0 Å². The Balaban J connectivity index is 1.27. The fraction of sp³-hybridized carbons (Fsp3) is 0.609. The van der Waals surface area contributed by atoms with Crippen molar-refractivity contribution in [2.24, 2.45) is 18.9 Å². The zero-order valence-corrected chi connectivity index (χ0v) is 18.2. The van der Waals surface area contributed by atoms with Crippen LogP contribution in [-0.4, -0.2) is 68.1 Å². The van der Waals surface area contributed by atoms with Crippen LogP contribution in [0, 0.1) is 11.8 Å². The Bertz CT molecular complexity index is 1170. The minimum Gasteiger partial charge on any atom is -0.391 e. The molecule has 2 amide bonds. The number of carbonyl (C=O) groups is 2. The van der Waals surface area contributed by atoms with Crippen molar-refractivity contribution in [2.75, 3.05) is 19.6 Å². The maximum Gasteiger partial charge on any atom is 0.418 e. The first kappa shape index (κ1) is 20.9. The number of hydrogen-bond donors (Lipinski definition) is 1. The molecule has 0 spiro atoms. The van der Waals surface area contributed by atoms with Crippen molar-refractivity contribution in [1.82, 2.24) is 19.4 Å². The second-order valence-corrected chi connectivity index (χ2v) is 9.97. The van der Waals surface area contributed by atoms with Gasteiger partial charge in [-0.15, -0.1) is 0 Å². The van der Waals surface area contributed by atoms with Gasteiger partial charge in [-0.05, 0) is 61.1 Å². The van der Waals surface area contributed by atoms with Crippen LogP contribution < -0.4 is 0 Å². The van der Waals surface area contributed by atoms with Crippen LogP contribution in [0.4, 0.5) is 13.2 Å². The van der Waals surface area contributed by atoms with Gasteiger partial charge in [-0.1, -0.05) is 0 Å². The molecular weight excluding hydrogens is 437 g/mol. The van der Waals surface area contributed by atoms with Crippen molar-refractivity contribution in [1.29, 1.82) is 0 Å². The highest BCUT2D eigenvalue weighted by Crippen LogP contribution is 2.53. The van der Waals surface area contributed by atoms with Crippen molar-refractivity contribution in [3.8, 4) is 0 Å². The Morgan fingerprint density at radius 1 is 1.18 bits per heavy atom. The second kappa shape index (κ2) is 6.94. The number of nitrogens with zero attached hydrogens (tertiary/aromatic N) is 4. The van der Waals surface area contributed by atoms with E-state index in [2.05, 4.69) is 4.98 Å². The summed E-state index contributed by atoms with van der Waals surface area (Å²) in [6.45, 7) is 0.390. The maximum atomic E-state index is 13.8. The summed E-state index contributed by atoms with van der Waals surface area (Å²) >= 11 is 0. The van der Waals surface area contributed by atoms with Gasteiger partial charge in [0.05, 0.1) is 23.2 Å². The predicted molar refractivity (Wildman–Crippen MR) is 111 cm³/mol. The summed E-state index contributed by atoms with van der Waals surface area (Å²) in [6, 6.07) is 2.65. The number of imidazole rings is 1. The molecule has 1 aliphatic heterocycles. The zero-order chi connectivity index (χ0) is 23.2. The van der Waals surface area contributed by atoms with Gasteiger partial charge < -0.3 is 19.5 Å². The molecule has 176 valence electrons. The Hall–Kier alpha value is -2.62. The van der Waals surface area contributed by atoms with E-state index in [1.807, 2.05) is 0 Å². The van der Waals surface area contributed by atoms with Crippen molar-refractivity contribution in [2.45, 2.75) is 49.9 Å². The number of aromatic nitrogens is 2. The standard InChI is InChI=1S/C23H25F3N4O3/c1-28-16-8-12(11-2-3-11)7-15(23(24,25)26)19(16)27-21(28)22(33)29-4-5-30(18(31)10-29)17-9-13-6-14(13)20(17)32/h7-8,11,13-14,17,20,32H,2-6,9-10H2,1H3/t13-,14+,17+,20-/m0/s1. The van der Waals surface area contributed by atoms with Gasteiger partial charge in [0.25, 0.3) is 5.91 Å². The van der Waals surface area contributed by atoms with Crippen molar-refractivity contribution < 1.29 is 27.9 Å². The minimum absolute atomic E-state index is 0.105. The van der Waals surface area contributed by atoms with Gasteiger partial charge in [0, 0.05) is 20.1 Å². The number of hydrogen-bond acceptors (Lipinski definition) is 4. The van der Waals surface area contributed by atoms with Gasteiger partial charge in [0.2, 0.25) is 5.91 Å². The topological polar surface area (TPSA) is 78.7 Å². The molecule has 4 atom stereocenters. The average Bonchev–Trinajstić information content (AvgIpc) is 3.68. The summed E-state index contributed by atoms with van der Waals surface area (Å²) < 4.78 is 42.7. The monoisotopic (exact) mass is 462 g/mol. The quantitative estimate of drug-likeness (QED) is 0.761. The molecule has 0 unspecified atom stereocenters. The van der Waals surface area contributed by atoms with Gasteiger partial charge in [0.15, 0.2) is 5.82 Å². The molecular formula is C23H25F3N4O3. The molecule has 2 heterocycles. The maximum absolute atomic E-state index is 13.8. The lowest BCUT2D eigenvalue weighted by molar-refractivity contribution is -0.140. The molecule has 4 aliphatic rings. The molecule has 1 saturated heterocycles. The lowest BCUT2D eigenvalue weighted by atomic mass is 10.0. The largest absolute Gasteiger partial charge is 0.418 e. The third kappa shape index (κ3) is 3.33. The van der Waals surface area contributed by atoms with Gasteiger partial charge in [-0.3, -0.25) is 9.59 Å². The number of aryl methyl sites for hydroxylation is 1. The smallest absolute Gasteiger partial charge is 0.391 e. The van der Waals surface area contributed by atoms with E-state index in [1.165, 1.54) is 9.47 Å². The molecule has 10 heteroatoms. The van der Waals surface area contributed by atoms with Crippen molar-refractivity contribution >= 4 is 22.8 Å². The molecule has 0 radical (unpaired) electrons. The first-order chi connectivity index (χ1) is 15.6. The Labute approximate surface area is 188 Å². The number of aliphatic hydroxyl groups excluding tert-OH is 1. The molecule has 1 aromatic carbocycles. The summed E-state index contributed by atoms with van der Waals surface area (Å²) in [5.41, 5.74) is -0.177. The van der Waals surface area contributed by atoms with Crippen LogP contribution in [0.3, 0.4) is 0 Å². The molecule has 7 nitrogen and oxygen atoms in total. The minimum atomic E-state index is -4.58. The fourth-order valence-electron chi connectivity index (χ4n) is 5.73. The average molecular weight is 462 g/mol. The lowest BCUT2D eigenvalue weighted by Crippen LogP contribution is -2.57. The third-order valence-corrected chi connectivity index (χ3v) is 7.85. The van der Waals surface area contributed by atoms with E-state index < -0.39 is 23.8 Å². The van der Waals surface area contributed by atoms with E-state index in [-0.39, 0.29) is 53.7 Å². The number of amides is 2. The molecule has 1 aromatic heterocycles. The number of halogens is 3. The number of rotatable bonds is 3. The van der Waals surface area contributed by atoms with Crippen molar-refractivity contribution in [3.05, 3.63) is 29.1 Å². The first-order valence-corrected chi connectivity index (χ1v) is 11.5. The number of carbonyl (C=O) groups excluding carboxylic acids is 2. The molecule has 3 saturated carbocycles. The molecule has 33 heavy (non-hydrogen) atoms. The van der Waals surface area contributed by atoms with E-state index in [9.17, 15) is 27.9 Å². The van der Waals surface area contributed by atoms with E-state index in [4.69, 9.17) is 0 Å². The van der Waals surface area contributed by atoms with Crippen LogP contribution >= 0.6 is 0 Å². The summed E-state index contributed by atoms with van der Waals surface area (Å²) in [5, 5.41) is 10.4. The molecule has 6 rings (SSSR count). The number of fused-ring (bicyclic) bond motifs is 2. The third-order valence-electron chi connectivity index (χ3n) is 7.85. The highest BCUT2D eigenvalue weighted by atomic mass is 19.4. The van der Waals surface area contributed by atoms with E-state index in [0.29, 0.717) is 18.0 Å². The van der Waals surface area contributed by atoms with E-state index in [0.717, 1.165) is 31.7 Å². The summed E-state index contributed by atoms with van der Waals surface area (Å²) in [5.74, 6) is -0.0194. The molecule has 4 fully saturated rings. The highest BCUT2D eigenvalue weighted by molar-refractivity contribution is 5.98. The van der Waals surface area contributed by atoms with Crippen LogP contribution in [0.1, 0.15) is 53.3 Å². The predicted octanol–water partition coefficient (Wildman–Crippen LogP) is 2.52. The first-order valence-electron chi connectivity index (χ1n) is 11.5. The van der Waals surface area contributed by atoms with E-state index in [1.54, 1.807) is 18.0 Å². The summed E-state index contributed by atoms with van der Waals surface area (Å²) in [4.78, 5) is 33.2. The molecule has 2 aromatic rings. The molecule has 1 N–H and O–H groups in total.